The largest absolute Gasteiger partial charge is 0.448 e. The predicted molar refractivity (Wildman–Crippen MR) is 51.2 cm³/mol. The van der Waals surface area contributed by atoms with Gasteiger partial charge in [-0.2, -0.15) is 5.10 Å². The van der Waals surface area contributed by atoms with Gasteiger partial charge in [-0.1, -0.05) is 0 Å². The first-order chi connectivity index (χ1) is 7.11. The van der Waals surface area contributed by atoms with Gasteiger partial charge in [0.15, 0.2) is 0 Å². The van der Waals surface area contributed by atoms with E-state index in [9.17, 15) is 9.59 Å². The lowest BCUT2D eigenvalue weighted by Gasteiger charge is -2.03. The van der Waals surface area contributed by atoms with Gasteiger partial charge in [0.1, 0.15) is 6.61 Å². The number of aryl methyl sites for hydroxylation is 1. The maximum absolute atomic E-state index is 11.4. The van der Waals surface area contributed by atoms with Crippen molar-refractivity contribution >= 4 is 12.0 Å². The molecular weight excluding hydrogens is 200 g/mol. The summed E-state index contributed by atoms with van der Waals surface area (Å²) in [5, 5.41) is 8.90. The Kier molecular flexibility index (Phi) is 3.67. The van der Waals surface area contributed by atoms with Crippen molar-refractivity contribution in [1.82, 2.24) is 15.5 Å². The van der Waals surface area contributed by atoms with Gasteiger partial charge >= 0.3 is 6.09 Å². The molecule has 1 aromatic rings. The van der Waals surface area contributed by atoms with Crippen molar-refractivity contribution in [2.75, 3.05) is 13.2 Å². The molecule has 0 aromatic carbocycles. The molecule has 0 aliphatic heterocycles. The summed E-state index contributed by atoms with van der Waals surface area (Å²) in [4.78, 5) is 21.6. The van der Waals surface area contributed by atoms with Crippen molar-refractivity contribution in [3.63, 3.8) is 0 Å². The van der Waals surface area contributed by atoms with Crippen molar-refractivity contribution < 1.29 is 14.3 Å². The lowest BCUT2D eigenvalue weighted by Crippen LogP contribution is -2.29. The molecule has 0 unspecified atom stereocenters. The molecule has 4 N–H and O–H groups in total. The Bertz CT molecular complexity index is 361. The maximum atomic E-state index is 11.4. The van der Waals surface area contributed by atoms with Gasteiger partial charge in [-0.15, -0.1) is 0 Å². The van der Waals surface area contributed by atoms with E-state index in [-0.39, 0.29) is 19.1 Å². The summed E-state index contributed by atoms with van der Waals surface area (Å²) >= 11 is 0. The van der Waals surface area contributed by atoms with E-state index in [0.29, 0.717) is 11.3 Å². The second kappa shape index (κ2) is 4.99. The van der Waals surface area contributed by atoms with E-state index in [4.69, 9.17) is 5.73 Å². The number of carbonyl (C=O) groups excluding carboxylic acids is 2. The van der Waals surface area contributed by atoms with Gasteiger partial charge in [-0.25, -0.2) is 4.79 Å². The summed E-state index contributed by atoms with van der Waals surface area (Å²) in [5.74, 6) is -0.269. The summed E-state index contributed by atoms with van der Waals surface area (Å²) < 4.78 is 4.44. The summed E-state index contributed by atoms with van der Waals surface area (Å²) in [6.07, 6.45) is 0.573. The van der Waals surface area contributed by atoms with Gasteiger partial charge in [-0.3, -0.25) is 9.89 Å². The lowest BCUT2D eigenvalue weighted by atomic mass is 10.2. The molecule has 0 aliphatic carbocycles. The van der Waals surface area contributed by atoms with Crippen LogP contribution >= 0.6 is 0 Å². The molecule has 0 fully saturated rings. The van der Waals surface area contributed by atoms with Crippen LogP contribution in [0.25, 0.3) is 0 Å². The zero-order valence-corrected chi connectivity index (χ0v) is 8.24. The predicted octanol–water partition coefficient (Wildman–Crippen LogP) is -0.457. The number of nitrogens with zero attached hydrogens (tertiary/aromatic N) is 1. The van der Waals surface area contributed by atoms with Crippen LogP contribution in [-0.2, 0) is 4.74 Å². The standard InChI is InChI=1S/C8H12N4O3/c1-5-6(4-11-12-5)7(13)10-2-3-15-8(9)14/h4H,2-3H2,1H3,(H2,9,14)(H,10,13)(H,11,12). The van der Waals surface area contributed by atoms with Crippen LogP contribution in [0.5, 0.6) is 0 Å². The maximum Gasteiger partial charge on any atom is 0.404 e. The second-order valence-electron chi connectivity index (χ2n) is 2.83. The lowest BCUT2D eigenvalue weighted by molar-refractivity contribution is 0.0936. The summed E-state index contributed by atoms with van der Waals surface area (Å²) in [6, 6.07) is 0. The number of rotatable bonds is 4. The van der Waals surface area contributed by atoms with Gasteiger partial charge in [0.05, 0.1) is 18.3 Å². The van der Waals surface area contributed by atoms with Gasteiger partial charge < -0.3 is 15.8 Å². The van der Waals surface area contributed by atoms with Crippen LogP contribution in [0.3, 0.4) is 0 Å². The van der Waals surface area contributed by atoms with Crippen LogP contribution in [0.1, 0.15) is 16.1 Å². The quantitative estimate of drug-likeness (QED) is 0.586. The third-order valence-electron chi connectivity index (χ3n) is 1.71. The van der Waals surface area contributed by atoms with E-state index in [0.717, 1.165) is 0 Å². The van der Waals surface area contributed by atoms with Crippen molar-refractivity contribution in [1.29, 1.82) is 0 Å². The normalized spacial score (nSPS) is 9.67. The van der Waals surface area contributed by atoms with E-state index in [1.54, 1.807) is 6.92 Å². The zero-order valence-electron chi connectivity index (χ0n) is 8.24. The molecule has 0 bridgehead atoms. The molecule has 7 heteroatoms. The number of nitrogens with one attached hydrogen (secondary N) is 2. The molecule has 1 heterocycles. The van der Waals surface area contributed by atoms with Crippen LogP contribution in [0.2, 0.25) is 0 Å². The monoisotopic (exact) mass is 212 g/mol. The fraction of sp³-hybridized carbons (Fsp3) is 0.375. The number of aromatic amines is 1. The molecule has 1 rings (SSSR count). The van der Waals surface area contributed by atoms with Gasteiger partial charge in [0.2, 0.25) is 0 Å². The number of hydrogen-bond acceptors (Lipinski definition) is 4. The van der Waals surface area contributed by atoms with Crippen molar-refractivity contribution in [3.05, 3.63) is 17.5 Å². The first kappa shape index (κ1) is 11.0. The molecule has 0 spiro atoms. The zero-order chi connectivity index (χ0) is 11.3. The third kappa shape index (κ3) is 3.29. The Balaban J connectivity index is 2.31. The Labute approximate surface area is 86.0 Å². The molecule has 1 aromatic heterocycles. The van der Waals surface area contributed by atoms with Crippen LogP contribution in [0.4, 0.5) is 4.79 Å². The second-order valence-corrected chi connectivity index (χ2v) is 2.83. The van der Waals surface area contributed by atoms with Gasteiger partial charge in [0.25, 0.3) is 5.91 Å². The van der Waals surface area contributed by atoms with E-state index in [1.807, 2.05) is 0 Å². The average molecular weight is 212 g/mol. The van der Waals surface area contributed by atoms with E-state index < -0.39 is 6.09 Å². The minimum absolute atomic E-state index is 0.0535. The van der Waals surface area contributed by atoms with Crippen molar-refractivity contribution in [2.24, 2.45) is 5.73 Å². The van der Waals surface area contributed by atoms with Crippen molar-refractivity contribution in [2.45, 2.75) is 6.92 Å². The van der Waals surface area contributed by atoms with E-state index in [2.05, 4.69) is 20.3 Å². The SMILES string of the molecule is Cc1[nH]ncc1C(=O)NCCOC(N)=O. The van der Waals surface area contributed by atoms with Crippen molar-refractivity contribution in [3.8, 4) is 0 Å². The highest BCUT2D eigenvalue weighted by molar-refractivity contribution is 5.94. The summed E-state index contributed by atoms with van der Waals surface area (Å²) in [7, 11) is 0. The molecular formula is C8H12N4O3. The number of aromatic nitrogens is 2. The molecule has 0 radical (unpaired) electrons. The number of ether oxygens (including phenoxy) is 1. The Hall–Kier alpha value is -2.05. The minimum Gasteiger partial charge on any atom is -0.448 e. The van der Waals surface area contributed by atoms with Crippen LogP contribution < -0.4 is 11.1 Å². The Morgan fingerprint density at radius 1 is 1.67 bits per heavy atom. The fourth-order valence-corrected chi connectivity index (χ4v) is 0.991. The van der Waals surface area contributed by atoms with E-state index >= 15 is 0 Å². The smallest absolute Gasteiger partial charge is 0.404 e. The number of hydrogen-bond donors (Lipinski definition) is 3. The Morgan fingerprint density at radius 3 is 2.93 bits per heavy atom. The number of H-pyrrole nitrogens is 1. The number of nitrogens with two attached hydrogens (primary N) is 1. The summed E-state index contributed by atoms with van der Waals surface area (Å²) in [6.45, 7) is 2.01. The molecule has 0 atom stereocenters. The molecule has 2 amide bonds. The fourth-order valence-electron chi connectivity index (χ4n) is 0.991. The van der Waals surface area contributed by atoms with Crippen LogP contribution in [0.15, 0.2) is 6.20 Å². The first-order valence-corrected chi connectivity index (χ1v) is 4.31. The molecule has 7 nitrogen and oxygen atoms in total. The van der Waals surface area contributed by atoms with Gasteiger partial charge in [-0.05, 0) is 6.92 Å². The molecule has 0 aliphatic rings. The summed E-state index contributed by atoms with van der Waals surface area (Å²) in [5.41, 5.74) is 5.89. The molecule has 15 heavy (non-hydrogen) atoms. The number of carbonyl (C=O) groups is 2. The molecule has 82 valence electrons. The average Bonchev–Trinajstić information content (AvgIpc) is 2.58. The topological polar surface area (TPSA) is 110 Å². The first-order valence-electron chi connectivity index (χ1n) is 4.31. The molecule has 0 saturated carbocycles. The highest BCUT2D eigenvalue weighted by Crippen LogP contribution is 2.01. The molecule has 0 saturated heterocycles. The highest BCUT2D eigenvalue weighted by atomic mass is 16.5. The highest BCUT2D eigenvalue weighted by Gasteiger charge is 2.09. The minimum atomic E-state index is -0.858. The number of amides is 2. The third-order valence-corrected chi connectivity index (χ3v) is 1.71. The van der Waals surface area contributed by atoms with Gasteiger partial charge in [0, 0.05) is 5.69 Å². The van der Waals surface area contributed by atoms with Crippen LogP contribution in [-0.4, -0.2) is 35.3 Å². The van der Waals surface area contributed by atoms with E-state index in [1.165, 1.54) is 6.20 Å². The van der Waals surface area contributed by atoms with Crippen LogP contribution in [0, 0.1) is 6.92 Å². The Morgan fingerprint density at radius 2 is 2.40 bits per heavy atom. The number of primary amides is 1.